The molecule has 0 unspecified atom stereocenters. The molecular formula is C16H18F2N2O4. The third-order valence-electron chi connectivity index (χ3n) is 3.45. The minimum Gasteiger partial charge on any atom is -0.459 e. The molecule has 0 radical (unpaired) electrons. The number of hydrogen-bond acceptors (Lipinski definition) is 4. The number of hydrogen-bond donors (Lipinski definition) is 1. The maximum Gasteiger partial charge on any atom is 0.326 e. The fourth-order valence-electron chi connectivity index (χ4n) is 2.41. The second kappa shape index (κ2) is 5.85. The summed E-state index contributed by atoms with van der Waals surface area (Å²) < 4.78 is 32.5. The van der Waals surface area contributed by atoms with Gasteiger partial charge in [-0.1, -0.05) is 0 Å². The Bertz CT molecular complexity index is 715. The Labute approximate surface area is 137 Å². The highest BCUT2D eigenvalue weighted by Gasteiger charge is 2.51. The molecule has 0 aromatic heterocycles. The highest BCUT2D eigenvalue weighted by atomic mass is 19.1. The second-order valence-corrected chi connectivity index (χ2v) is 6.66. The predicted molar refractivity (Wildman–Crippen MR) is 79.8 cm³/mol. The van der Waals surface area contributed by atoms with E-state index >= 15 is 0 Å². The van der Waals surface area contributed by atoms with Crippen molar-refractivity contribution in [3.63, 3.8) is 0 Å². The monoisotopic (exact) mass is 340 g/mol. The third kappa shape index (κ3) is 3.37. The molecule has 1 aromatic carbocycles. The lowest BCUT2D eigenvalue weighted by Crippen LogP contribution is -2.43. The summed E-state index contributed by atoms with van der Waals surface area (Å²) in [4.78, 5) is 37.1. The highest BCUT2D eigenvalue weighted by molar-refractivity contribution is 6.08. The van der Waals surface area contributed by atoms with Crippen LogP contribution in [0.2, 0.25) is 0 Å². The van der Waals surface area contributed by atoms with Crippen molar-refractivity contribution in [1.29, 1.82) is 0 Å². The average molecular weight is 340 g/mol. The summed E-state index contributed by atoms with van der Waals surface area (Å²) in [7, 11) is 0. The van der Waals surface area contributed by atoms with Crippen LogP contribution >= 0.6 is 0 Å². The minimum atomic E-state index is -1.80. The number of carbonyl (C=O) groups is 3. The van der Waals surface area contributed by atoms with Gasteiger partial charge in [0.1, 0.15) is 29.3 Å². The molecule has 1 atom stereocenters. The molecule has 1 saturated heterocycles. The van der Waals surface area contributed by atoms with Crippen LogP contribution in [0.15, 0.2) is 18.2 Å². The van der Waals surface area contributed by atoms with Crippen LogP contribution in [0.1, 0.15) is 33.3 Å². The number of carbonyl (C=O) groups excluding carboxylic acids is 3. The van der Waals surface area contributed by atoms with Crippen LogP contribution in [0.25, 0.3) is 0 Å². The van der Waals surface area contributed by atoms with E-state index in [0.717, 1.165) is 18.2 Å². The number of ether oxygens (including phenoxy) is 1. The van der Waals surface area contributed by atoms with E-state index < -0.39 is 47.2 Å². The number of esters is 1. The van der Waals surface area contributed by atoms with Gasteiger partial charge in [0, 0.05) is 5.56 Å². The van der Waals surface area contributed by atoms with Gasteiger partial charge in [-0.2, -0.15) is 0 Å². The molecule has 1 aliphatic rings. The van der Waals surface area contributed by atoms with Gasteiger partial charge in [-0.25, -0.2) is 13.6 Å². The van der Waals surface area contributed by atoms with E-state index in [9.17, 15) is 23.2 Å². The summed E-state index contributed by atoms with van der Waals surface area (Å²) in [6.45, 7) is 5.56. The van der Waals surface area contributed by atoms with Crippen molar-refractivity contribution in [2.24, 2.45) is 0 Å². The molecule has 130 valence electrons. The van der Waals surface area contributed by atoms with Gasteiger partial charge >= 0.3 is 12.0 Å². The van der Waals surface area contributed by atoms with Crippen LogP contribution in [-0.4, -0.2) is 35.0 Å². The van der Waals surface area contributed by atoms with E-state index in [0.29, 0.717) is 4.90 Å². The molecule has 2 rings (SSSR count). The van der Waals surface area contributed by atoms with Gasteiger partial charge in [0.2, 0.25) is 0 Å². The van der Waals surface area contributed by atoms with Crippen molar-refractivity contribution in [2.45, 2.75) is 38.8 Å². The SMILES string of the molecule is CC(C)(C)OC(=O)CN1C(=O)N[C@](C)(c2cc(F)ccc2F)C1=O. The molecular weight excluding hydrogens is 322 g/mol. The molecule has 0 spiro atoms. The Morgan fingerprint density at radius 1 is 1.29 bits per heavy atom. The number of imide groups is 1. The molecule has 1 aromatic rings. The Morgan fingerprint density at radius 2 is 1.92 bits per heavy atom. The van der Waals surface area contributed by atoms with E-state index in [-0.39, 0.29) is 5.56 Å². The van der Waals surface area contributed by atoms with E-state index in [4.69, 9.17) is 4.74 Å². The van der Waals surface area contributed by atoms with Crippen molar-refractivity contribution in [3.05, 3.63) is 35.4 Å². The molecule has 1 N–H and O–H groups in total. The first kappa shape index (κ1) is 17.8. The van der Waals surface area contributed by atoms with E-state index in [1.165, 1.54) is 6.92 Å². The van der Waals surface area contributed by atoms with Gasteiger partial charge in [0.25, 0.3) is 5.91 Å². The Balaban J connectivity index is 2.28. The quantitative estimate of drug-likeness (QED) is 0.675. The van der Waals surface area contributed by atoms with Gasteiger partial charge in [-0.3, -0.25) is 14.5 Å². The normalized spacial score (nSPS) is 21.0. The minimum absolute atomic E-state index is 0.312. The molecule has 6 nitrogen and oxygen atoms in total. The number of benzene rings is 1. The molecule has 0 saturated carbocycles. The molecule has 0 aliphatic carbocycles. The third-order valence-corrected chi connectivity index (χ3v) is 3.45. The Hall–Kier alpha value is -2.51. The Kier molecular flexibility index (Phi) is 4.34. The largest absolute Gasteiger partial charge is 0.459 e. The van der Waals surface area contributed by atoms with Crippen molar-refractivity contribution in [2.75, 3.05) is 6.54 Å². The van der Waals surface area contributed by atoms with Crippen LogP contribution in [0, 0.1) is 11.6 Å². The zero-order valence-corrected chi connectivity index (χ0v) is 13.8. The van der Waals surface area contributed by atoms with Crippen LogP contribution in [0.3, 0.4) is 0 Å². The number of nitrogens with zero attached hydrogens (tertiary/aromatic N) is 1. The molecule has 3 amide bonds. The first-order valence-corrected chi connectivity index (χ1v) is 7.25. The average Bonchev–Trinajstić information content (AvgIpc) is 2.64. The van der Waals surface area contributed by atoms with Crippen LogP contribution < -0.4 is 5.32 Å². The van der Waals surface area contributed by atoms with Gasteiger partial charge in [0.15, 0.2) is 0 Å². The first-order valence-electron chi connectivity index (χ1n) is 7.25. The van der Waals surface area contributed by atoms with Crippen LogP contribution in [0.4, 0.5) is 13.6 Å². The number of urea groups is 1. The summed E-state index contributed by atoms with van der Waals surface area (Å²) in [5.41, 5.74) is -2.90. The lowest BCUT2D eigenvalue weighted by atomic mass is 9.91. The Morgan fingerprint density at radius 3 is 2.50 bits per heavy atom. The van der Waals surface area contributed by atoms with Gasteiger partial charge < -0.3 is 10.1 Å². The summed E-state index contributed by atoms with van der Waals surface area (Å²) >= 11 is 0. The zero-order chi connectivity index (χ0) is 18.3. The highest BCUT2D eigenvalue weighted by Crippen LogP contribution is 2.31. The molecule has 0 bridgehead atoms. The summed E-state index contributed by atoms with van der Waals surface area (Å²) in [6, 6.07) is 1.73. The summed E-state index contributed by atoms with van der Waals surface area (Å²) in [6.07, 6.45) is 0. The van der Waals surface area contributed by atoms with E-state index in [1.807, 2.05) is 0 Å². The van der Waals surface area contributed by atoms with Gasteiger partial charge in [-0.15, -0.1) is 0 Å². The predicted octanol–water partition coefficient (Wildman–Crippen LogP) is 2.07. The molecule has 8 heteroatoms. The van der Waals surface area contributed by atoms with Crippen molar-refractivity contribution in [1.82, 2.24) is 10.2 Å². The lowest BCUT2D eigenvalue weighted by Gasteiger charge is -2.23. The zero-order valence-electron chi connectivity index (χ0n) is 13.8. The molecule has 1 fully saturated rings. The van der Waals surface area contributed by atoms with Gasteiger partial charge in [-0.05, 0) is 45.9 Å². The van der Waals surface area contributed by atoms with Crippen molar-refractivity contribution in [3.8, 4) is 0 Å². The molecule has 1 heterocycles. The second-order valence-electron chi connectivity index (χ2n) is 6.66. The van der Waals surface area contributed by atoms with E-state index in [2.05, 4.69) is 5.32 Å². The maximum atomic E-state index is 14.0. The lowest BCUT2D eigenvalue weighted by molar-refractivity contribution is -0.157. The van der Waals surface area contributed by atoms with E-state index in [1.54, 1.807) is 20.8 Å². The van der Waals surface area contributed by atoms with Crippen LogP contribution in [-0.2, 0) is 19.9 Å². The number of nitrogens with one attached hydrogen (secondary N) is 1. The number of rotatable bonds is 3. The van der Waals surface area contributed by atoms with Crippen molar-refractivity contribution >= 4 is 17.9 Å². The standard InChI is InChI=1S/C16H18F2N2O4/c1-15(2,3)24-12(21)8-20-13(22)16(4,19-14(20)23)10-7-9(17)5-6-11(10)18/h5-7H,8H2,1-4H3,(H,19,23)/t16-/m1/s1. The topological polar surface area (TPSA) is 75.7 Å². The maximum absolute atomic E-state index is 14.0. The smallest absolute Gasteiger partial charge is 0.326 e. The van der Waals surface area contributed by atoms with Crippen LogP contribution in [0.5, 0.6) is 0 Å². The number of halogens is 2. The fraction of sp³-hybridized carbons (Fsp3) is 0.438. The summed E-state index contributed by atoms with van der Waals surface area (Å²) in [5, 5.41) is 2.31. The van der Waals surface area contributed by atoms with Crippen molar-refractivity contribution < 1.29 is 27.9 Å². The number of amides is 3. The molecule has 1 aliphatic heterocycles. The molecule has 24 heavy (non-hydrogen) atoms. The fourth-order valence-corrected chi connectivity index (χ4v) is 2.41. The van der Waals surface area contributed by atoms with Gasteiger partial charge in [0.05, 0.1) is 0 Å². The summed E-state index contributed by atoms with van der Waals surface area (Å²) in [5.74, 6) is -3.23. The first-order chi connectivity index (χ1) is 10.9.